The second-order valence-corrected chi connectivity index (χ2v) is 8.15. The Balaban J connectivity index is 1.87. The van der Waals surface area contributed by atoms with E-state index in [4.69, 9.17) is 5.73 Å². The molecule has 0 saturated carbocycles. The number of benzene rings is 2. The van der Waals surface area contributed by atoms with E-state index in [9.17, 15) is 20.2 Å². The van der Waals surface area contributed by atoms with Crippen LogP contribution < -0.4 is 5.73 Å². The maximum atomic E-state index is 13.5. The van der Waals surface area contributed by atoms with Gasteiger partial charge in [-0.2, -0.15) is 5.26 Å². The Morgan fingerprint density at radius 2 is 1.75 bits per heavy atom. The molecule has 1 heterocycles. The standard InChI is InChI=1S/C24H23N5O3/c1-27(2)28-20-12-17(15-6-4-3-5-7-15)13-21(30)23(20)22(19(14-25)24(28)26)16-8-10-18(11-9-16)29(31)32/h3-11,17,22H,12-13,26H2,1-2H3/t17-,22+/m0/s1. The summed E-state index contributed by atoms with van der Waals surface area (Å²) >= 11 is 0. The molecular formula is C24H23N5O3. The molecule has 8 heteroatoms. The molecule has 0 bridgehead atoms. The summed E-state index contributed by atoms with van der Waals surface area (Å²) in [5, 5.41) is 24.6. The number of carbonyl (C=O) groups is 1. The van der Waals surface area contributed by atoms with Crippen LogP contribution in [0.1, 0.15) is 35.8 Å². The lowest BCUT2D eigenvalue weighted by atomic mass is 9.72. The van der Waals surface area contributed by atoms with Gasteiger partial charge in [-0.1, -0.05) is 42.5 Å². The SMILES string of the molecule is CN(C)N1C(N)=C(C#N)[C@@H](c2ccc([N+](=O)[O-])cc2)C2=C1C[C@H](c1ccccc1)CC2=O. The van der Waals surface area contributed by atoms with Gasteiger partial charge in [0.1, 0.15) is 5.82 Å². The molecular weight excluding hydrogens is 406 g/mol. The van der Waals surface area contributed by atoms with E-state index >= 15 is 0 Å². The summed E-state index contributed by atoms with van der Waals surface area (Å²) in [4.78, 5) is 24.1. The summed E-state index contributed by atoms with van der Waals surface area (Å²) in [5.41, 5.74) is 9.68. The molecule has 2 atom stereocenters. The van der Waals surface area contributed by atoms with Gasteiger partial charge in [0.15, 0.2) is 5.78 Å². The van der Waals surface area contributed by atoms with Gasteiger partial charge in [0, 0.05) is 43.9 Å². The number of allylic oxidation sites excluding steroid dienone is 3. The van der Waals surface area contributed by atoms with Gasteiger partial charge >= 0.3 is 0 Å². The van der Waals surface area contributed by atoms with Crippen LogP contribution >= 0.6 is 0 Å². The van der Waals surface area contributed by atoms with Crippen molar-refractivity contribution in [3.63, 3.8) is 0 Å². The Bertz CT molecular complexity index is 1180. The fourth-order valence-electron chi connectivity index (χ4n) is 4.65. The number of nitro benzene ring substituents is 1. The molecule has 162 valence electrons. The molecule has 2 N–H and O–H groups in total. The van der Waals surface area contributed by atoms with Crippen molar-refractivity contribution in [1.29, 1.82) is 5.26 Å². The van der Waals surface area contributed by atoms with E-state index in [1.54, 1.807) is 22.2 Å². The second kappa shape index (κ2) is 8.29. The van der Waals surface area contributed by atoms with E-state index in [1.807, 2.05) is 44.4 Å². The van der Waals surface area contributed by atoms with E-state index in [-0.39, 0.29) is 28.8 Å². The average Bonchev–Trinajstić information content (AvgIpc) is 2.78. The average molecular weight is 429 g/mol. The zero-order valence-electron chi connectivity index (χ0n) is 17.9. The molecule has 2 aromatic rings. The van der Waals surface area contributed by atoms with Crippen LogP contribution in [0, 0.1) is 21.4 Å². The minimum atomic E-state index is -0.656. The number of carbonyl (C=O) groups excluding carboxylic acids is 1. The summed E-state index contributed by atoms with van der Waals surface area (Å²) in [5.74, 6) is -0.438. The largest absolute Gasteiger partial charge is 0.383 e. The van der Waals surface area contributed by atoms with Gasteiger partial charge in [0.25, 0.3) is 5.69 Å². The predicted molar refractivity (Wildman–Crippen MR) is 119 cm³/mol. The summed E-state index contributed by atoms with van der Waals surface area (Å²) in [6, 6.07) is 18.0. The number of nitro groups is 1. The third-order valence-electron chi connectivity index (χ3n) is 6.05. The molecule has 0 spiro atoms. The molecule has 0 unspecified atom stereocenters. The van der Waals surface area contributed by atoms with Crippen molar-refractivity contribution in [3.05, 3.63) is 98.5 Å². The lowest BCUT2D eigenvalue weighted by Gasteiger charge is -2.43. The quantitative estimate of drug-likeness (QED) is 0.583. The van der Waals surface area contributed by atoms with E-state index in [0.717, 1.165) is 11.3 Å². The highest BCUT2D eigenvalue weighted by atomic mass is 16.6. The van der Waals surface area contributed by atoms with Gasteiger partial charge in [-0.25, -0.2) is 5.01 Å². The minimum absolute atomic E-state index is 0.00107. The Morgan fingerprint density at radius 1 is 1.09 bits per heavy atom. The fraction of sp³-hybridized carbons (Fsp3) is 0.250. The van der Waals surface area contributed by atoms with Crippen LogP contribution in [0.15, 0.2) is 77.3 Å². The Labute approximate surface area is 186 Å². The van der Waals surface area contributed by atoms with Crippen molar-refractivity contribution in [2.45, 2.75) is 24.7 Å². The van der Waals surface area contributed by atoms with Gasteiger partial charge in [0.05, 0.1) is 22.5 Å². The summed E-state index contributed by atoms with van der Waals surface area (Å²) in [7, 11) is 3.63. The maximum Gasteiger partial charge on any atom is 0.269 e. The third-order valence-corrected chi connectivity index (χ3v) is 6.05. The van der Waals surface area contributed by atoms with Gasteiger partial charge in [-0.15, -0.1) is 0 Å². The number of nitrogens with zero attached hydrogens (tertiary/aromatic N) is 4. The topological polar surface area (TPSA) is 116 Å². The van der Waals surface area contributed by atoms with Gasteiger partial charge in [-0.3, -0.25) is 19.9 Å². The van der Waals surface area contributed by atoms with Gasteiger partial charge in [-0.05, 0) is 23.5 Å². The predicted octanol–water partition coefficient (Wildman–Crippen LogP) is 3.57. The van der Waals surface area contributed by atoms with Gasteiger partial charge in [0.2, 0.25) is 0 Å². The first-order valence-electron chi connectivity index (χ1n) is 10.3. The van der Waals surface area contributed by atoms with Crippen LogP contribution in [-0.2, 0) is 4.79 Å². The number of hydrogen-bond donors (Lipinski definition) is 1. The number of ketones is 1. The van der Waals surface area contributed by atoms with E-state index in [1.165, 1.54) is 12.1 Å². The number of non-ortho nitro benzene ring substituents is 1. The molecule has 32 heavy (non-hydrogen) atoms. The van der Waals surface area contributed by atoms with Crippen LogP contribution in [-0.4, -0.2) is 34.8 Å². The van der Waals surface area contributed by atoms with Crippen molar-refractivity contribution in [2.24, 2.45) is 5.73 Å². The molecule has 0 fully saturated rings. The molecule has 2 aliphatic rings. The number of Topliss-reactive ketones (excluding diaryl/α,β-unsaturated/α-hetero) is 1. The molecule has 0 radical (unpaired) electrons. The number of nitriles is 1. The first-order valence-corrected chi connectivity index (χ1v) is 10.3. The Morgan fingerprint density at radius 3 is 2.31 bits per heavy atom. The number of rotatable bonds is 4. The van der Waals surface area contributed by atoms with Crippen molar-refractivity contribution in [1.82, 2.24) is 10.0 Å². The van der Waals surface area contributed by atoms with Crippen molar-refractivity contribution >= 4 is 11.5 Å². The van der Waals surface area contributed by atoms with E-state index in [0.29, 0.717) is 24.0 Å². The highest BCUT2D eigenvalue weighted by molar-refractivity contribution is 6.00. The summed E-state index contributed by atoms with van der Waals surface area (Å²) < 4.78 is 0. The normalized spacial score (nSPS) is 20.9. The number of nitrogens with two attached hydrogens (primary N) is 1. The lowest BCUT2D eigenvalue weighted by Crippen LogP contribution is -2.46. The Kier molecular flexibility index (Phi) is 5.51. The van der Waals surface area contributed by atoms with Crippen LogP contribution in [0.5, 0.6) is 0 Å². The first kappa shape index (κ1) is 21.3. The first-order chi connectivity index (χ1) is 15.3. The summed E-state index contributed by atoms with van der Waals surface area (Å²) in [6.07, 6.45) is 0.915. The number of hydrogen-bond acceptors (Lipinski definition) is 7. The van der Waals surface area contributed by atoms with Crippen molar-refractivity contribution in [3.8, 4) is 6.07 Å². The molecule has 1 aliphatic carbocycles. The zero-order valence-corrected chi connectivity index (χ0v) is 17.9. The maximum absolute atomic E-state index is 13.5. The van der Waals surface area contributed by atoms with Crippen LogP contribution in [0.2, 0.25) is 0 Å². The molecule has 4 rings (SSSR count). The Hall–Kier alpha value is -3.96. The second-order valence-electron chi connectivity index (χ2n) is 8.15. The molecule has 1 aliphatic heterocycles. The highest BCUT2D eigenvalue weighted by Crippen LogP contribution is 2.48. The molecule has 2 aromatic carbocycles. The smallest absolute Gasteiger partial charge is 0.269 e. The molecule has 0 amide bonds. The highest BCUT2D eigenvalue weighted by Gasteiger charge is 2.43. The zero-order chi connectivity index (χ0) is 23.0. The molecule has 0 aromatic heterocycles. The number of hydrazine groups is 1. The van der Waals surface area contributed by atoms with Crippen molar-refractivity contribution in [2.75, 3.05) is 14.1 Å². The molecule has 0 saturated heterocycles. The van der Waals surface area contributed by atoms with E-state index < -0.39 is 10.8 Å². The van der Waals surface area contributed by atoms with Crippen molar-refractivity contribution < 1.29 is 9.72 Å². The van der Waals surface area contributed by atoms with Crippen LogP contribution in [0.3, 0.4) is 0 Å². The van der Waals surface area contributed by atoms with Gasteiger partial charge < -0.3 is 5.73 Å². The summed E-state index contributed by atoms with van der Waals surface area (Å²) in [6.45, 7) is 0. The van der Waals surface area contributed by atoms with Crippen LogP contribution in [0.4, 0.5) is 5.69 Å². The van der Waals surface area contributed by atoms with E-state index in [2.05, 4.69) is 6.07 Å². The third kappa shape index (κ3) is 3.53. The fourth-order valence-corrected chi connectivity index (χ4v) is 4.65. The van der Waals surface area contributed by atoms with Crippen LogP contribution in [0.25, 0.3) is 0 Å². The molecule has 8 nitrogen and oxygen atoms in total. The lowest BCUT2D eigenvalue weighted by molar-refractivity contribution is -0.384. The minimum Gasteiger partial charge on any atom is -0.383 e. The monoisotopic (exact) mass is 429 g/mol.